The second kappa shape index (κ2) is 14.2. The molecule has 36 heavy (non-hydrogen) atoms. The Morgan fingerprint density at radius 1 is 1.22 bits per heavy atom. The first-order valence-electron chi connectivity index (χ1n) is 13.1. The maximum Gasteiger partial charge on any atom is 0.306 e. The molecule has 2 rings (SSSR count). The summed E-state index contributed by atoms with van der Waals surface area (Å²) in [7, 11) is 0. The summed E-state index contributed by atoms with van der Waals surface area (Å²) in [4.78, 5) is 24.4. The van der Waals surface area contributed by atoms with Gasteiger partial charge in [-0.3, -0.25) is 9.59 Å². The SMILES string of the molecule is CC(=O)O[C@H]1/C=C/[C@H](C)[C@@H](/C(C)=C/C=C/C(C)CCc2ccccc2)OC(=O)C[C@H](C)CC[C@@]1(C)O. The molecule has 1 unspecified atom stereocenters. The fraction of sp³-hybridized carbons (Fsp3) is 0.548. The second-order valence-corrected chi connectivity index (χ2v) is 10.7. The zero-order valence-corrected chi connectivity index (χ0v) is 22.8. The lowest BCUT2D eigenvalue weighted by molar-refractivity contribution is -0.156. The van der Waals surface area contributed by atoms with E-state index in [9.17, 15) is 14.7 Å². The molecule has 0 saturated carbocycles. The van der Waals surface area contributed by atoms with Crippen molar-refractivity contribution in [3.63, 3.8) is 0 Å². The fourth-order valence-electron chi connectivity index (χ4n) is 4.43. The van der Waals surface area contributed by atoms with Crippen LogP contribution in [0.25, 0.3) is 0 Å². The van der Waals surface area contributed by atoms with E-state index >= 15 is 0 Å². The lowest BCUT2D eigenvalue weighted by Crippen LogP contribution is -2.41. The zero-order valence-electron chi connectivity index (χ0n) is 22.8. The minimum Gasteiger partial charge on any atom is -0.457 e. The fourth-order valence-corrected chi connectivity index (χ4v) is 4.43. The number of hydrogen-bond acceptors (Lipinski definition) is 5. The molecule has 5 heteroatoms. The summed E-state index contributed by atoms with van der Waals surface area (Å²) >= 11 is 0. The van der Waals surface area contributed by atoms with E-state index in [1.807, 2.05) is 45.1 Å². The molecule has 1 aliphatic heterocycles. The van der Waals surface area contributed by atoms with Gasteiger partial charge in [-0.15, -0.1) is 0 Å². The number of esters is 2. The normalized spacial score (nSPS) is 30.1. The lowest BCUT2D eigenvalue weighted by Gasteiger charge is -2.32. The van der Waals surface area contributed by atoms with E-state index in [4.69, 9.17) is 9.47 Å². The monoisotopic (exact) mass is 496 g/mol. The molecule has 1 aromatic carbocycles. The predicted octanol–water partition coefficient (Wildman–Crippen LogP) is 6.36. The standard InChI is InChI=1S/C31H44O5/c1-22(15-17-27-13-8-7-9-14-27)11-10-12-24(3)30-25(4)16-18-28(35-26(5)32)31(6,34)20-19-23(2)21-29(33)36-30/h7-14,16,18,22-23,25,28,30,34H,15,17,19-21H2,1-6H3/b11-10+,18-16+,24-12+/t22?,23-,25+,28+,30-,31-/m1/s1. The number of carbonyl (C=O) groups excluding carboxylic acids is 2. The minimum absolute atomic E-state index is 0.0379. The molecule has 198 valence electrons. The van der Waals surface area contributed by atoms with Crippen LogP contribution >= 0.6 is 0 Å². The molecule has 0 aliphatic carbocycles. The van der Waals surface area contributed by atoms with Crippen molar-refractivity contribution in [1.82, 2.24) is 0 Å². The van der Waals surface area contributed by atoms with Crippen LogP contribution in [0, 0.1) is 17.8 Å². The number of aliphatic hydroxyl groups is 1. The van der Waals surface area contributed by atoms with Crippen LogP contribution in [-0.2, 0) is 25.5 Å². The van der Waals surface area contributed by atoms with Crippen LogP contribution < -0.4 is 0 Å². The molecule has 6 atom stereocenters. The molecule has 1 N–H and O–H groups in total. The number of cyclic esters (lactones) is 1. The quantitative estimate of drug-likeness (QED) is 0.270. The Morgan fingerprint density at radius 3 is 2.58 bits per heavy atom. The number of rotatable bonds is 7. The van der Waals surface area contributed by atoms with Gasteiger partial charge in [0.15, 0.2) is 0 Å². The molecule has 1 heterocycles. The average Bonchev–Trinajstić information content (AvgIpc) is 2.82. The van der Waals surface area contributed by atoms with Gasteiger partial charge in [0.1, 0.15) is 17.8 Å². The van der Waals surface area contributed by atoms with Crippen molar-refractivity contribution in [1.29, 1.82) is 0 Å². The summed E-state index contributed by atoms with van der Waals surface area (Å²) in [5.41, 5.74) is 1.05. The predicted molar refractivity (Wildman–Crippen MR) is 144 cm³/mol. The lowest BCUT2D eigenvalue weighted by atomic mass is 9.87. The van der Waals surface area contributed by atoms with Crippen LogP contribution in [0.2, 0.25) is 0 Å². The third kappa shape index (κ3) is 10.1. The second-order valence-electron chi connectivity index (χ2n) is 10.7. The van der Waals surface area contributed by atoms with Crippen molar-refractivity contribution in [2.75, 3.05) is 0 Å². The summed E-state index contributed by atoms with van der Waals surface area (Å²) in [6, 6.07) is 10.5. The molecule has 1 aliphatic rings. The van der Waals surface area contributed by atoms with Gasteiger partial charge in [-0.1, -0.05) is 75.4 Å². The summed E-state index contributed by atoms with van der Waals surface area (Å²) in [5, 5.41) is 11.0. The molecular formula is C31H44O5. The Hall–Kier alpha value is -2.66. The zero-order chi connectivity index (χ0) is 26.7. The Kier molecular flexibility index (Phi) is 11.6. The highest BCUT2D eigenvalue weighted by Gasteiger charge is 2.34. The molecule has 0 aromatic heterocycles. The van der Waals surface area contributed by atoms with Crippen LogP contribution in [0.4, 0.5) is 0 Å². The smallest absolute Gasteiger partial charge is 0.306 e. The Morgan fingerprint density at radius 2 is 1.92 bits per heavy atom. The van der Waals surface area contributed by atoms with Crippen molar-refractivity contribution in [2.45, 2.75) is 91.5 Å². The van der Waals surface area contributed by atoms with Gasteiger partial charge in [0.2, 0.25) is 0 Å². The first-order chi connectivity index (χ1) is 17.0. The summed E-state index contributed by atoms with van der Waals surface area (Å²) in [6.07, 6.45) is 12.0. The summed E-state index contributed by atoms with van der Waals surface area (Å²) in [6.45, 7) is 11.1. The van der Waals surface area contributed by atoms with Crippen molar-refractivity contribution in [3.05, 3.63) is 71.8 Å². The first kappa shape index (κ1) is 29.6. The number of ether oxygens (including phenoxy) is 2. The van der Waals surface area contributed by atoms with E-state index in [-0.39, 0.29) is 24.2 Å². The minimum atomic E-state index is -1.22. The van der Waals surface area contributed by atoms with Gasteiger partial charge >= 0.3 is 11.9 Å². The molecule has 0 spiro atoms. The van der Waals surface area contributed by atoms with Gasteiger partial charge in [-0.05, 0) is 68.6 Å². The molecule has 0 bridgehead atoms. The van der Waals surface area contributed by atoms with E-state index in [2.05, 4.69) is 37.3 Å². The average molecular weight is 497 g/mol. The van der Waals surface area contributed by atoms with E-state index in [0.29, 0.717) is 18.8 Å². The van der Waals surface area contributed by atoms with Gasteiger partial charge in [-0.2, -0.15) is 0 Å². The van der Waals surface area contributed by atoms with Crippen molar-refractivity contribution in [2.24, 2.45) is 17.8 Å². The number of aryl methyl sites for hydroxylation is 1. The number of allylic oxidation sites excluding steroid dienone is 3. The summed E-state index contributed by atoms with van der Waals surface area (Å²) in [5.74, 6) is -0.396. The third-order valence-electron chi connectivity index (χ3n) is 6.87. The Labute approximate surface area is 217 Å². The van der Waals surface area contributed by atoms with Crippen LogP contribution in [0.15, 0.2) is 66.3 Å². The number of carbonyl (C=O) groups is 2. The molecule has 5 nitrogen and oxygen atoms in total. The van der Waals surface area contributed by atoms with Crippen LogP contribution in [0.1, 0.15) is 72.8 Å². The first-order valence-corrected chi connectivity index (χ1v) is 13.1. The highest BCUT2D eigenvalue weighted by molar-refractivity contribution is 5.70. The van der Waals surface area contributed by atoms with Crippen LogP contribution in [-0.4, -0.2) is 34.9 Å². The molecule has 0 saturated heterocycles. The Bertz CT molecular complexity index is 928. The third-order valence-corrected chi connectivity index (χ3v) is 6.87. The van der Waals surface area contributed by atoms with Gasteiger partial charge < -0.3 is 14.6 Å². The van der Waals surface area contributed by atoms with E-state index in [1.54, 1.807) is 13.0 Å². The van der Waals surface area contributed by atoms with Gasteiger partial charge in [0.05, 0.1) is 0 Å². The van der Waals surface area contributed by atoms with Crippen molar-refractivity contribution < 1.29 is 24.2 Å². The maximum atomic E-state index is 12.7. The topological polar surface area (TPSA) is 72.8 Å². The maximum absolute atomic E-state index is 12.7. The van der Waals surface area contributed by atoms with Crippen LogP contribution in [0.3, 0.4) is 0 Å². The van der Waals surface area contributed by atoms with E-state index in [1.165, 1.54) is 12.5 Å². The molecular weight excluding hydrogens is 452 g/mol. The largest absolute Gasteiger partial charge is 0.457 e. The number of hydrogen-bond donors (Lipinski definition) is 1. The summed E-state index contributed by atoms with van der Waals surface area (Å²) < 4.78 is 11.4. The van der Waals surface area contributed by atoms with E-state index in [0.717, 1.165) is 18.4 Å². The van der Waals surface area contributed by atoms with Gasteiger partial charge in [0.25, 0.3) is 0 Å². The van der Waals surface area contributed by atoms with E-state index < -0.39 is 23.8 Å². The molecule has 1 aromatic rings. The van der Waals surface area contributed by atoms with Crippen molar-refractivity contribution in [3.8, 4) is 0 Å². The number of benzene rings is 1. The Balaban J connectivity index is 2.17. The van der Waals surface area contributed by atoms with Gasteiger partial charge in [0, 0.05) is 19.3 Å². The van der Waals surface area contributed by atoms with Crippen LogP contribution in [0.5, 0.6) is 0 Å². The highest BCUT2D eigenvalue weighted by atomic mass is 16.6. The molecule has 0 amide bonds. The van der Waals surface area contributed by atoms with Crippen molar-refractivity contribution >= 4 is 11.9 Å². The molecule has 0 fully saturated rings. The molecule has 0 radical (unpaired) electrons. The van der Waals surface area contributed by atoms with Gasteiger partial charge in [-0.25, -0.2) is 0 Å². The highest BCUT2D eigenvalue weighted by Crippen LogP contribution is 2.28.